The van der Waals surface area contributed by atoms with Crippen molar-refractivity contribution in [2.45, 2.75) is 57.5 Å². The summed E-state index contributed by atoms with van der Waals surface area (Å²) in [6.07, 6.45) is 8.91. The third-order valence-electron chi connectivity index (χ3n) is 6.49. The Bertz CT molecular complexity index is 955. The lowest BCUT2D eigenvalue weighted by Gasteiger charge is -2.30. The lowest BCUT2D eigenvalue weighted by Crippen LogP contribution is -2.37. The maximum atomic E-state index is 13.0. The van der Waals surface area contributed by atoms with Crippen LogP contribution in [-0.2, 0) is 17.8 Å². The van der Waals surface area contributed by atoms with Crippen molar-refractivity contribution < 1.29 is 4.79 Å². The number of aromatic amines is 1. The Morgan fingerprint density at radius 3 is 2.86 bits per heavy atom. The molecule has 7 nitrogen and oxygen atoms in total. The Kier molecular flexibility index (Phi) is 4.58. The van der Waals surface area contributed by atoms with Gasteiger partial charge in [0.15, 0.2) is 0 Å². The van der Waals surface area contributed by atoms with Gasteiger partial charge in [0, 0.05) is 29.1 Å². The van der Waals surface area contributed by atoms with Crippen LogP contribution < -0.4 is 5.32 Å². The number of carbonyl (C=O) groups excluding carboxylic acids is 1. The smallest absolute Gasteiger partial charge is 0.223 e. The van der Waals surface area contributed by atoms with E-state index in [-0.39, 0.29) is 17.9 Å². The van der Waals surface area contributed by atoms with Gasteiger partial charge >= 0.3 is 0 Å². The number of H-pyrrole nitrogens is 1. The van der Waals surface area contributed by atoms with Gasteiger partial charge in [0.2, 0.25) is 5.91 Å². The normalized spacial score (nSPS) is 24.8. The first-order valence-electron chi connectivity index (χ1n) is 10.4. The number of aromatic nitrogens is 5. The van der Waals surface area contributed by atoms with Crippen LogP contribution in [0.2, 0.25) is 0 Å². The Hall–Kier alpha value is -2.70. The Morgan fingerprint density at radius 2 is 2.04 bits per heavy atom. The number of benzene rings is 1. The maximum absolute atomic E-state index is 13.0. The molecule has 0 aliphatic heterocycles. The molecule has 3 aromatic rings. The number of aryl methyl sites for hydroxylation is 1. The highest BCUT2D eigenvalue weighted by Crippen LogP contribution is 2.36. The van der Waals surface area contributed by atoms with Crippen molar-refractivity contribution in [2.24, 2.45) is 11.8 Å². The summed E-state index contributed by atoms with van der Waals surface area (Å²) in [7, 11) is 0. The third-order valence-corrected chi connectivity index (χ3v) is 6.49. The van der Waals surface area contributed by atoms with E-state index in [2.05, 4.69) is 50.1 Å². The molecule has 2 N–H and O–H groups in total. The lowest BCUT2D eigenvalue weighted by atomic mass is 9.81. The number of fused-ring (bicyclic) bond motifs is 3. The number of carbonyl (C=O) groups is 1. The van der Waals surface area contributed by atoms with Gasteiger partial charge in [-0.2, -0.15) is 0 Å². The summed E-state index contributed by atoms with van der Waals surface area (Å²) in [5.41, 5.74) is 3.78. The topological polar surface area (TPSA) is 88.5 Å². The van der Waals surface area contributed by atoms with Crippen LogP contribution in [0.5, 0.6) is 0 Å². The molecule has 2 aliphatic rings. The fourth-order valence-corrected chi connectivity index (χ4v) is 4.98. The maximum Gasteiger partial charge on any atom is 0.223 e. The monoisotopic (exact) mass is 378 g/mol. The van der Waals surface area contributed by atoms with Crippen molar-refractivity contribution in [1.29, 1.82) is 0 Å². The van der Waals surface area contributed by atoms with Crippen molar-refractivity contribution in [3.8, 4) is 0 Å². The molecule has 146 valence electrons. The fraction of sp³-hybridized carbons (Fsp3) is 0.524. The van der Waals surface area contributed by atoms with Crippen LogP contribution in [0.3, 0.4) is 0 Å². The van der Waals surface area contributed by atoms with Crippen LogP contribution in [0, 0.1) is 11.8 Å². The van der Waals surface area contributed by atoms with E-state index in [0.29, 0.717) is 5.92 Å². The molecule has 2 aliphatic carbocycles. The molecule has 28 heavy (non-hydrogen) atoms. The predicted molar refractivity (Wildman–Crippen MR) is 105 cm³/mol. The van der Waals surface area contributed by atoms with E-state index in [1.165, 1.54) is 22.2 Å². The second-order valence-electron chi connectivity index (χ2n) is 8.27. The molecule has 2 heterocycles. The summed E-state index contributed by atoms with van der Waals surface area (Å²) < 4.78 is 1.80. The molecular formula is C21H26N6O. The second kappa shape index (κ2) is 7.37. The number of amides is 1. The SMILES string of the molecule is O=C(NC1CCCc2c1[nH]c1ccccc21)C1CCC(Cn2cnnn2)CC1. The minimum atomic E-state index is 0.114. The van der Waals surface area contributed by atoms with E-state index < -0.39 is 0 Å². The molecule has 0 bridgehead atoms. The van der Waals surface area contributed by atoms with Gasteiger partial charge < -0.3 is 10.3 Å². The summed E-state index contributed by atoms with van der Waals surface area (Å²) >= 11 is 0. The molecule has 5 rings (SSSR count). The zero-order valence-electron chi connectivity index (χ0n) is 16.0. The van der Waals surface area contributed by atoms with Crippen molar-refractivity contribution >= 4 is 16.8 Å². The minimum Gasteiger partial charge on any atom is -0.356 e. The second-order valence-corrected chi connectivity index (χ2v) is 8.27. The van der Waals surface area contributed by atoms with E-state index in [1.807, 2.05) is 0 Å². The molecule has 1 aromatic carbocycles. The van der Waals surface area contributed by atoms with Crippen molar-refractivity contribution in [3.05, 3.63) is 41.9 Å². The zero-order valence-corrected chi connectivity index (χ0v) is 16.0. The van der Waals surface area contributed by atoms with Crippen LogP contribution in [0.4, 0.5) is 0 Å². The molecule has 1 saturated carbocycles. The number of hydrogen-bond donors (Lipinski definition) is 2. The first kappa shape index (κ1) is 17.4. The Labute approximate surface area is 163 Å². The number of tetrazole rings is 1. The van der Waals surface area contributed by atoms with E-state index in [4.69, 9.17) is 0 Å². The van der Waals surface area contributed by atoms with Crippen molar-refractivity contribution in [3.63, 3.8) is 0 Å². The van der Waals surface area contributed by atoms with E-state index in [9.17, 15) is 4.79 Å². The van der Waals surface area contributed by atoms with Crippen molar-refractivity contribution in [1.82, 2.24) is 30.5 Å². The van der Waals surface area contributed by atoms with Crippen molar-refractivity contribution in [2.75, 3.05) is 0 Å². The van der Waals surface area contributed by atoms with Gasteiger partial charge in [-0.25, -0.2) is 4.68 Å². The van der Waals surface area contributed by atoms with Crippen LogP contribution >= 0.6 is 0 Å². The average molecular weight is 378 g/mol. The quantitative estimate of drug-likeness (QED) is 0.730. The highest BCUT2D eigenvalue weighted by Gasteiger charge is 2.30. The predicted octanol–water partition coefficient (Wildman–Crippen LogP) is 3.15. The first-order chi connectivity index (χ1) is 13.8. The highest BCUT2D eigenvalue weighted by molar-refractivity contribution is 5.86. The average Bonchev–Trinajstić information content (AvgIpc) is 3.37. The largest absolute Gasteiger partial charge is 0.356 e. The van der Waals surface area contributed by atoms with Crippen LogP contribution in [0.25, 0.3) is 10.9 Å². The number of rotatable bonds is 4. The van der Waals surface area contributed by atoms with Crippen LogP contribution in [0.1, 0.15) is 55.8 Å². The summed E-state index contributed by atoms with van der Waals surface area (Å²) in [6.45, 7) is 0.850. The van der Waals surface area contributed by atoms with Gasteiger partial charge in [0.25, 0.3) is 0 Å². The minimum absolute atomic E-state index is 0.114. The number of nitrogens with zero attached hydrogens (tertiary/aromatic N) is 4. The van der Waals surface area contributed by atoms with Gasteiger partial charge in [0.1, 0.15) is 6.33 Å². The molecule has 1 atom stereocenters. The summed E-state index contributed by atoms with van der Waals surface area (Å²) in [5.74, 6) is 0.903. The molecule has 7 heteroatoms. The van der Waals surface area contributed by atoms with Gasteiger partial charge in [-0.1, -0.05) is 18.2 Å². The summed E-state index contributed by atoms with van der Waals surface area (Å²) in [5, 5.41) is 16.0. The molecular weight excluding hydrogens is 352 g/mol. The molecule has 0 spiro atoms. The highest BCUT2D eigenvalue weighted by atomic mass is 16.1. The standard InChI is InChI=1S/C21H26N6O/c28-21(15-10-8-14(9-11-15)12-27-13-22-25-26-27)24-19-7-3-5-17-16-4-1-2-6-18(16)23-20(17)19/h1-2,4,6,13-15,19,23H,3,5,7-12H2,(H,24,28). The van der Waals surface area contributed by atoms with Crippen LogP contribution in [-0.4, -0.2) is 31.1 Å². The molecule has 1 amide bonds. The van der Waals surface area contributed by atoms with Gasteiger partial charge in [-0.3, -0.25) is 4.79 Å². The lowest BCUT2D eigenvalue weighted by molar-refractivity contribution is -0.127. The first-order valence-corrected chi connectivity index (χ1v) is 10.4. The fourth-order valence-electron chi connectivity index (χ4n) is 4.98. The van der Waals surface area contributed by atoms with E-state index >= 15 is 0 Å². The number of nitrogens with one attached hydrogen (secondary N) is 2. The Balaban J connectivity index is 1.22. The summed E-state index contributed by atoms with van der Waals surface area (Å²) in [6, 6.07) is 8.57. The molecule has 1 unspecified atom stereocenters. The number of hydrogen-bond acceptors (Lipinski definition) is 4. The third kappa shape index (κ3) is 3.30. The van der Waals surface area contributed by atoms with Gasteiger partial charge in [-0.15, -0.1) is 5.10 Å². The zero-order chi connectivity index (χ0) is 18.9. The van der Waals surface area contributed by atoms with Crippen LogP contribution in [0.15, 0.2) is 30.6 Å². The molecule has 2 aromatic heterocycles. The van der Waals surface area contributed by atoms with E-state index in [0.717, 1.165) is 51.5 Å². The Morgan fingerprint density at radius 1 is 1.18 bits per heavy atom. The number of para-hydroxylation sites is 1. The van der Waals surface area contributed by atoms with E-state index in [1.54, 1.807) is 11.0 Å². The molecule has 0 radical (unpaired) electrons. The van der Waals surface area contributed by atoms with Gasteiger partial charge in [-0.05, 0) is 72.9 Å². The van der Waals surface area contributed by atoms with Gasteiger partial charge in [0.05, 0.1) is 6.04 Å². The molecule has 0 saturated heterocycles. The summed E-state index contributed by atoms with van der Waals surface area (Å²) in [4.78, 5) is 16.5. The molecule has 1 fully saturated rings.